The van der Waals surface area contributed by atoms with Crippen molar-refractivity contribution in [2.24, 2.45) is 13.0 Å². The summed E-state index contributed by atoms with van der Waals surface area (Å²) in [7, 11) is -1.96. The highest BCUT2D eigenvalue weighted by Gasteiger charge is 2.34. The fraction of sp³-hybridized carbons (Fsp3) is 0.476. The van der Waals surface area contributed by atoms with Crippen LogP contribution in [0.2, 0.25) is 5.02 Å². The summed E-state index contributed by atoms with van der Waals surface area (Å²) in [6.07, 6.45) is 2.79. The highest BCUT2D eigenvalue weighted by molar-refractivity contribution is 7.89. The van der Waals surface area contributed by atoms with Gasteiger partial charge in [0.1, 0.15) is 5.82 Å². The molecule has 0 bridgehead atoms. The topological polar surface area (TPSA) is 111 Å². The largest absolute Gasteiger partial charge is 0.455 e. The number of aromatic nitrogens is 2. The van der Waals surface area contributed by atoms with Gasteiger partial charge in [-0.3, -0.25) is 9.59 Å². The average Bonchev–Trinajstić information content (AvgIpc) is 3.12. The van der Waals surface area contributed by atoms with Crippen LogP contribution in [0, 0.1) is 12.8 Å². The molecule has 3 rings (SSSR count). The summed E-state index contributed by atoms with van der Waals surface area (Å²) >= 11 is 5.84. The molecule has 1 aliphatic rings. The van der Waals surface area contributed by atoms with Crippen molar-refractivity contribution in [2.75, 3.05) is 26.2 Å². The summed E-state index contributed by atoms with van der Waals surface area (Å²) in [4.78, 5) is 28.3. The molecule has 0 aliphatic carbocycles. The van der Waals surface area contributed by atoms with Crippen molar-refractivity contribution in [2.45, 2.75) is 31.2 Å². The number of carbonyl (C=O) groups is 2. The van der Waals surface area contributed by atoms with Crippen LogP contribution in [0.5, 0.6) is 0 Å². The van der Waals surface area contributed by atoms with E-state index >= 15 is 0 Å². The van der Waals surface area contributed by atoms with E-state index in [2.05, 4.69) is 10.3 Å². The quantitative estimate of drug-likeness (QED) is 0.573. The zero-order valence-electron chi connectivity index (χ0n) is 18.1. The highest BCUT2D eigenvalue weighted by Crippen LogP contribution is 2.24. The van der Waals surface area contributed by atoms with Gasteiger partial charge in [-0.25, -0.2) is 13.4 Å². The summed E-state index contributed by atoms with van der Waals surface area (Å²) in [5.74, 6) is -0.691. The number of amides is 1. The Morgan fingerprint density at radius 1 is 1.22 bits per heavy atom. The van der Waals surface area contributed by atoms with Crippen LogP contribution in [0.4, 0.5) is 0 Å². The minimum atomic E-state index is -3.70. The zero-order chi connectivity index (χ0) is 23.3. The van der Waals surface area contributed by atoms with Crippen molar-refractivity contribution < 1.29 is 22.7 Å². The molecule has 0 unspecified atom stereocenters. The lowest BCUT2D eigenvalue weighted by Gasteiger charge is -2.29. The first kappa shape index (κ1) is 24.2. The van der Waals surface area contributed by atoms with Crippen molar-refractivity contribution in [3.63, 3.8) is 0 Å². The second-order valence-electron chi connectivity index (χ2n) is 7.75. The minimum Gasteiger partial charge on any atom is -0.455 e. The number of halogens is 1. The van der Waals surface area contributed by atoms with Gasteiger partial charge in [0.25, 0.3) is 15.9 Å². The molecule has 32 heavy (non-hydrogen) atoms. The van der Waals surface area contributed by atoms with E-state index in [1.807, 2.05) is 12.1 Å². The van der Waals surface area contributed by atoms with Crippen LogP contribution >= 0.6 is 11.6 Å². The first-order valence-corrected chi connectivity index (χ1v) is 12.2. The van der Waals surface area contributed by atoms with Crippen molar-refractivity contribution >= 4 is 33.5 Å². The monoisotopic (exact) mass is 482 g/mol. The number of nitrogens with zero attached hydrogens (tertiary/aromatic N) is 3. The van der Waals surface area contributed by atoms with Crippen LogP contribution < -0.4 is 5.32 Å². The second-order valence-corrected chi connectivity index (χ2v) is 10.1. The molecule has 1 N–H and O–H groups in total. The Morgan fingerprint density at radius 2 is 1.88 bits per heavy atom. The van der Waals surface area contributed by atoms with Gasteiger partial charge in [0.15, 0.2) is 11.6 Å². The smallest absolute Gasteiger partial charge is 0.309 e. The molecular formula is C21H27ClN4O5S. The molecule has 11 heteroatoms. The number of piperidine rings is 1. The Kier molecular flexibility index (Phi) is 7.91. The van der Waals surface area contributed by atoms with Crippen LogP contribution in [-0.2, 0) is 37.8 Å². The number of benzene rings is 1. The van der Waals surface area contributed by atoms with E-state index in [0.29, 0.717) is 36.7 Å². The van der Waals surface area contributed by atoms with Gasteiger partial charge >= 0.3 is 5.97 Å². The Morgan fingerprint density at radius 3 is 2.47 bits per heavy atom. The fourth-order valence-corrected chi connectivity index (χ4v) is 5.04. The fourth-order valence-electron chi connectivity index (χ4n) is 3.42. The summed E-state index contributed by atoms with van der Waals surface area (Å²) in [6, 6.07) is 7.34. The summed E-state index contributed by atoms with van der Waals surface area (Å²) in [5.41, 5.74) is 1.04. The van der Waals surface area contributed by atoms with Crippen molar-refractivity contribution in [3.8, 4) is 0 Å². The normalized spacial score (nSPS) is 15.5. The lowest BCUT2D eigenvalue weighted by Crippen LogP contribution is -2.41. The van der Waals surface area contributed by atoms with Gasteiger partial charge in [-0.15, -0.1) is 0 Å². The lowest BCUT2D eigenvalue weighted by atomic mass is 9.98. The summed E-state index contributed by atoms with van der Waals surface area (Å²) in [5, 5.41) is 3.37. The molecule has 1 amide bonds. The van der Waals surface area contributed by atoms with Gasteiger partial charge in [-0.1, -0.05) is 23.7 Å². The molecule has 0 saturated carbocycles. The Balaban J connectivity index is 1.39. The maximum atomic E-state index is 12.7. The first-order chi connectivity index (χ1) is 15.2. The van der Waals surface area contributed by atoms with E-state index in [1.165, 1.54) is 10.5 Å². The molecular weight excluding hydrogens is 456 g/mol. The van der Waals surface area contributed by atoms with E-state index in [9.17, 15) is 18.0 Å². The van der Waals surface area contributed by atoms with Crippen LogP contribution in [-0.4, -0.2) is 60.4 Å². The van der Waals surface area contributed by atoms with Gasteiger partial charge in [0, 0.05) is 37.9 Å². The van der Waals surface area contributed by atoms with Gasteiger partial charge in [-0.2, -0.15) is 4.31 Å². The number of imidazole rings is 1. The summed E-state index contributed by atoms with van der Waals surface area (Å²) in [6.45, 7) is 2.19. The van der Waals surface area contributed by atoms with E-state index in [0.717, 1.165) is 5.56 Å². The predicted octanol–water partition coefficient (Wildman–Crippen LogP) is 1.68. The zero-order valence-corrected chi connectivity index (χ0v) is 19.7. The Bertz CT molecular complexity index is 1040. The number of nitrogens with one attached hydrogen (secondary N) is 1. The van der Waals surface area contributed by atoms with Gasteiger partial charge < -0.3 is 14.6 Å². The molecule has 174 valence electrons. The molecule has 9 nitrogen and oxygen atoms in total. The first-order valence-electron chi connectivity index (χ1n) is 10.3. The molecule has 0 spiro atoms. The van der Waals surface area contributed by atoms with E-state index in [4.69, 9.17) is 16.3 Å². The maximum absolute atomic E-state index is 12.7. The van der Waals surface area contributed by atoms with Crippen molar-refractivity contribution in [1.29, 1.82) is 0 Å². The SMILES string of the molecule is Cc1nc(S(=O)(=O)N2CCC(C(=O)OCC(=O)NCCc3ccc(Cl)cc3)CC2)cn1C. The van der Waals surface area contributed by atoms with Crippen LogP contribution in [0.3, 0.4) is 0 Å². The van der Waals surface area contributed by atoms with Gasteiger partial charge in [0.2, 0.25) is 0 Å². The van der Waals surface area contributed by atoms with Crippen molar-refractivity contribution in [3.05, 3.63) is 46.9 Å². The van der Waals surface area contributed by atoms with E-state index < -0.39 is 21.9 Å². The molecule has 0 radical (unpaired) electrons. The predicted molar refractivity (Wildman–Crippen MR) is 119 cm³/mol. The number of hydrogen-bond acceptors (Lipinski definition) is 6. The molecule has 1 aromatic heterocycles. The number of carbonyl (C=O) groups excluding carboxylic acids is 2. The third-order valence-electron chi connectivity index (χ3n) is 5.47. The number of hydrogen-bond donors (Lipinski definition) is 1. The van der Waals surface area contributed by atoms with Gasteiger partial charge in [0.05, 0.1) is 5.92 Å². The Hall–Kier alpha value is -2.43. The number of ether oxygens (including phenoxy) is 1. The highest BCUT2D eigenvalue weighted by atomic mass is 35.5. The summed E-state index contributed by atoms with van der Waals surface area (Å²) < 4.78 is 33.6. The van der Waals surface area contributed by atoms with Crippen LogP contribution in [0.15, 0.2) is 35.5 Å². The standard InChI is InChI=1S/C21H27ClN4O5S/c1-15-24-20(13-25(15)2)32(29,30)26-11-8-17(9-12-26)21(28)31-14-19(27)23-10-7-16-3-5-18(22)6-4-16/h3-6,13,17H,7-12,14H2,1-2H3,(H,23,27). The van der Waals surface area contributed by atoms with E-state index in [1.54, 1.807) is 30.7 Å². The molecule has 2 heterocycles. The third-order valence-corrected chi connectivity index (χ3v) is 7.49. The molecule has 2 aromatic rings. The maximum Gasteiger partial charge on any atom is 0.309 e. The Labute approximate surface area is 192 Å². The average molecular weight is 483 g/mol. The number of rotatable bonds is 8. The molecule has 1 fully saturated rings. The van der Waals surface area contributed by atoms with Crippen LogP contribution in [0.1, 0.15) is 24.2 Å². The molecule has 0 atom stereocenters. The number of aryl methyl sites for hydroxylation is 2. The molecule has 1 saturated heterocycles. The molecule has 1 aromatic carbocycles. The third kappa shape index (κ3) is 6.08. The van der Waals surface area contributed by atoms with Crippen molar-refractivity contribution in [1.82, 2.24) is 19.2 Å². The number of sulfonamides is 1. The van der Waals surface area contributed by atoms with Gasteiger partial charge in [-0.05, 0) is 43.9 Å². The number of esters is 1. The van der Waals surface area contributed by atoms with E-state index in [-0.39, 0.29) is 30.6 Å². The second kappa shape index (κ2) is 10.5. The lowest BCUT2D eigenvalue weighted by molar-refractivity contribution is -0.153. The minimum absolute atomic E-state index is 0.00815. The molecule has 1 aliphatic heterocycles. The van der Waals surface area contributed by atoms with Crippen LogP contribution in [0.25, 0.3) is 0 Å².